The molecule has 4 heteroatoms. The van der Waals surface area contributed by atoms with E-state index in [0.29, 0.717) is 5.56 Å². The van der Waals surface area contributed by atoms with E-state index >= 15 is 0 Å². The summed E-state index contributed by atoms with van der Waals surface area (Å²) in [7, 11) is 0. The second-order valence-electron chi connectivity index (χ2n) is 4.44. The Morgan fingerprint density at radius 2 is 1.67 bits per heavy atom. The fourth-order valence-electron chi connectivity index (χ4n) is 1.35. The van der Waals surface area contributed by atoms with Gasteiger partial charge in [0.25, 0.3) is 0 Å². The van der Waals surface area contributed by atoms with Gasteiger partial charge in [0.1, 0.15) is 17.1 Å². The molecule has 0 aliphatic carbocycles. The topological polar surface area (TPSA) is 77.8 Å². The number of aromatic carboxylic acids is 1. The number of carbonyl (C=O) groups is 1. The summed E-state index contributed by atoms with van der Waals surface area (Å²) in [4.78, 5) is 10.7. The molecule has 1 rings (SSSR count). The highest BCUT2D eigenvalue weighted by molar-refractivity contribution is 5.91. The second-order valence-corrected chi connectivity index (χ2v) is 4.44. The fourth-order valence-corrected chi connectivity index (χ4v) is 1.35. The molecule has 1 aromatic rings. The molecule has 0 heterocycles. The summed E-state index contributed by atoms with van der Waals surface area (Å²) < 4.78 is 0. The standard InChI is InChI=1S/C11H14O4/c1-11(2,3)7-5-8(12)6(10(14)15)4-9(7)13/h4-5,12-13H,1-3H3,(H,14,15). The highest BCUT2D eigenvalue weighted by Crippen LogP contribution is 2.35. The molecule has 0 aliphatic heterocycles. The number of hydrogen-bond acceptors (Lipinski definition) is 3. The molecule has 0 amide bonds. The molecule has 0 fully saturated rings. The number of rotatable bonds is 1. The Hall–Kier alpha value is -1.71. The molecule has 15 heavy (non-hydrogen) atoms. The van der Waals surface area contributed by atoms with Gasteiger partial charge in [-0.15, -0.1) is 0 Å². The predicted octanol–water partition coefficient (Wildman–Crippen LogP) is 2.09. The fraction of sp³-hybridized carbons (Fsp3) is 0.364. The average molecular weight is 210 g/mol. The highest BCUT2D eigenvalue weighted by Gasteiger charge is 2.22. The van der Waals surface area contributed by atoms with Crippen LogP contribution in [0, 0.1) is 0 Å². The quantitative estimate of drug-likeness (QED) is 0.620. The summed E-state index contributed by atoms with van der Waals surface area (Å²) in [5.74, 6) is -1.70. The molecule has 3 N–H and O–H groups in total. The lowest BCUT2D eigenvalue weighted by Gasteiger charge is -2.21. The number of aromatic hydroxyl groups is 2. The van der Waals surface area contributed by atoms with E-state index in [2.05, 4.69) is 0 Å². The third-order valence-corrected chi connectivity index (χ3v) is 2.15. The SMILES string of the molecule is CC(C)(C)c1cc(O)c(C(=O)O)cc1O. The van der Waals surface area contributed by atoms with Gasteiger partial charge in [0.2, 0.25) is 0 Å². The molecule has 0 spiro atoms. The zero-order valence-corrected chi connectivity index (χ0v) is 8.90. The van der Waals surface area contributed by atoms with Crippen LogP contribution in [0.1, 0.15) is 36.7 Å². The Morgan fingerprint density at radius 3 is 2.07 bits per heavy atom. The van der Waals surface area contributed by atoms with Crippen LogP contribution in [0.3, 0.4) is 0 Å². The molecule has 0 radical (unpaired) electrons. The maximum atomic E-state index is 10.7. The van der Waals surface area contributed by atoms with Gasteiger partial charge in [0.05, 0.1) is 0 Å². The number of carboxylic acid groups (broad SMARTS) is 1. The summed E-state index contributed by atoms with van der Waals surface area (Å²) >= 11 is 0. The zero-order valence-electron chi connectivity index (χ0n) is 8.90. The van der Waals surface area contributed by atoms with E-state index in [1.54, 1.807) is 0 Å². The highest BCUT2D eigenvalue weighted by atomic mass is 16.4. The third kappa shape index (κ3) is 2.21. The van der Waals surface area contributed by atoms with Crippen molar-refractivity contribution in [2.45, 2.75) is 26.2 Å². The minimum absolute atomic E-state index is 0.113. The number of carboxylic acids is 1. The van der Waals surface area contributed by atoms with Crippen molar-refractivity contribution in [1.29, 1.82) is 0 Å². The van der Waals surface area contributed by atoms with Crippen LogP contribution in [0.5, 0.6) is 11.5 Å². The molecular weight excluding hydrogens is 196 g/mol. The van der Waals surface area contributed by atoms with Crippen LogP contribution in [0.2, 0.25) is 0 Å². The lowest BCUT2D eigenvalue weighted by Crippen LogP contribution is -2.12. The maximum Gasteiger partial charge on any atom is 0.339 e. The monoisotopic (exact) mass is 210 g/mol. The van der Waals surface area contributed by atoms with Crippen LogP contribution < -0.4 is 0 Å². The Morgan fingerprint density at radius 1 is 1.13 bits per heavy atom. The van der Waals surface area contributed by atoms with Gasteiger partial charge in [-0.25, -0.2) is 4.79 Å². The van der Waals surface area contributed by atoms with Gasteiger partial charge in [-0.3, -0.25) is 0 Å². The first kappa shape index (κ1) is 11.4. The van der Waals surface area contributed by atoms with Gasteiger partial charge in [-0.2, -0.15) is 0 Å². The Kier molecular flexibility index (Phi) is 2.62. The van der Waals surface area contributed by atoms with Crippen molar-refractivity contribution in [3.63, 3.8) is 0 Å². The van der Waals surface area contributed by atoms with Crippen LogP contribution in [0.25, 0.3) is 0 Å². The van der Waals surface area contributed by atoms with Gasteiger partial charge < -0.3 is 15.3 Å². The second kappa shape index (κ2) is 3.46. The van der Waals surface area contributed by atoms with E-state index in [9.17, 15) is 15.0 Å². The van der Waals surface area contributed by atoms with Crippen LogP contribution in [0.15, 0.2) is 12.1 Å². The third-order valence-electron chi connectivity index (χ3n) is 2.15. The first-order chi connectivity index (χ1) is 6.73. The van der Waals surface area contributed by atoms with Crippen molar-refractivity contribution in [3.8, 4) is 11.5 Å². The molecular formula is C11H14O4. The molecule has 82 valence electrons. The number of benzene rings is 1. The maximum absolute atomic E-state index is 10.7. The van der Waals surface area contributed by atoms with Gasteiger partial charge in [0.15, 0.2) is 0 Å². The van der Waals surface area contributed by atoms with Crippen LogP contribution >= 0.6 is 0 Å². The molecule has 0 aliphatic rings. The summed E-state index contributed by atoms with van der Waals surface area (Å²) in [5, 5.41) is 27.8. The van der Waals surface area contributed by atoms with Crippen molar-refractivity contribution in [2.75, 3.05) is 0 Å². The number of hydrogen-bond donors (Lipinski definition) is 3. The minimum Gasteiger partial charge on any atom is -0.508 e. The molecule has 0 atom stereocenters. The summed E-state index contributed by atoms with van der Waals surface area (Å²) in [6.07, 6.45) is 0. The van der Waals surface area contributed by atoms with Crippen molar-refractivity contribution < 1.29 is 20.1 Å². The van der Waals surface area contributed by atoms with Crippen LogP contribution in [-0.2, 0) is 5.41 Å². The molecule has 0 unspecified atom stereocenters. The van der Waals surface area contributed by atoms with Crippen molar-refractivity contribution >= 4 is 5.97 Å². The number of phenols is 2. The van der Waals surface area contributed by atoms with E-state index in [0.717, 1.165) is 6.07 Å². The Bertz CT molecular complexity index is 402. The molecule has 0 aromatic heterocycles. The smallest absolute Gasteiger partial charge is 0.339 e. The van der Waals surface area contributed by atoms with Crippen molar-refractivity contribution in [2.24, 2.45) is 0 Å². The van der Waals surface area contributed by atoms with E-state index in [-0.39, 0.29) is 22.5 Å². The van der Waals surface area contributed by atoms with Gasteiger partial charge >= 0.3 is 5.97 Å². The van der Waals surface area contributed by atoms with Crippen LogP contribution in [-0.4, -0.2) is 21.3 Å². The lowest BCUT2D eigenvalue weighted by atomic mass is 9.85. The van der Waals surface area contributed by atoms with Crippen LogP contribution in [0.4, 0.5) is 0 Å². The van der Waals surface area contributed by atoms with Gasteiger partial charge in [-0.1, -0.05) is 20.8 Å². The normalized spacial score (nSPS) is 11.4. The minimum atomic E-state index is -1.26. The molecule has 1 aromatic carbocycles. The first-order valence-electron chi connectivity index (χ1n) is 4.53. The van der Waals surface area contributed by atoms with E-state index in [1.165, 1.54) is 6.07 Å². The number of phenolic OH excluding ortho intramolecular Hbond substituents is 1. The summed E-state index contributed by atoms with van der Waals surface area (Å²) in [6, 6.07) is 2.36. The van der Waals surface area contributed by atoms with Gasteiger partial charge in [0, 0.05) is 5.56 Å². The first-order valence-corrected chi connectivity index (χ1v) is 4.53. The van der Waals surface area contributed by atoms with E-state index in [4.69, 9.17) is 5.11 Å². The Balaban J connectivity index is 3.39. The summed E-state index contributed by atoms with van der Waals surface area (Å²) in [5.41, 5.74) is -0.121. The van der Waals surface area contributed by atoms with Crippen molar-refractivity contribution in [3.05, 3.63) is 23.3 Å². The largest absolute Gasteiger partial charge is 0.508 e. The average Bonchev–Trinajstić information content (AvgIpc) is 2.06. The molecule has 0 saturated carbocycles. The van der Waals surface area contributed by atoms with Crippen molar-refractivity contribution in [1.82, 2.24) is 0 Å². The Labute approximate surface area is 87.8 Å². The molecule has 4 nitrogen and oxygen atoms in total. The molecule has 0 saturated heterocycles. The van der Waals surface area contributed by atoms with E-state index in [1.807, 2.05) is 20.8 Å². The lowest BCUT2D eigenvalue weighted by molar-refractivity contribution is 0.0693. The summed E-state index contributed by atoms with van der Waals surface area (Å²) in [6.45, 7) is 5.59. The zero-order chi connectivity index (χ0) is 11.8. The van der Waals surface area contributed by atoms with Gasteiger partial charge in [-0.05, 0) is 17.5 Å². The molecule has 0 bridgehead atoms. The predicted molar refractivity (Wildman–Crippen MR) is 55.4 cm³/mol. The van der Waals surface area contributed by atoms with E-state index < -0.39 is 5.97 Å².